The van der Waals surface area contributed by atoms with E-state index >= 15 is 0 Å². The summed E-state index contributed by atoms with van der Waals surface area (Å²) >= 11 is 0. The summed E-state index contributed by atoms with van der Waals surface area (Å²) in [5.41, 5.74) is 1.14. The minimum atomic E-state index is 0. The molecule has 1 heterocycles. The molecule has 2 rings (SSSR count). The molecule has 1 aromatic heterocycles. The number of rotatable bonds is 10. The van der Waals surface area contributed by atoms with E-state index in [1.54, 1.807) is 6.20 Å². The highest BCUT2D eigenvalue weighted by atomic mass is 127. The normalized spacial score (nSPS) is 11.2. The van der Waals surface area contributed by atoms with Crippen molar-refractivity contribution in [2.24, 2.45) is 10.9 Å². The lowest BCUT2D eigenvalue weighted by atomic mass is 10.2. The maximum Gasteiger partial charge on any atom is 0.191 e. The summed E-state index contributed by atoms with van der Waals surface area (Å²) in [7, 11) is 0. The van der Waals surface area contributed by atoms with E-state index < -0.39 is 0 Å². The van der Waals surface area contributed by atoms with E-state index in [9.17, 15) is 0 Å². The second-order valence-corrected chi connectivity index (χ2v) is 6.60. The molecule has 0 aliphatic heterocycles. The molecule has 6 nitrogen and oxygen atoms in total. The van der Waals surface area contributed by atoms with Crippen LogP contribution in [0.2, 0.25) is 0 Å². The van der Waals surface area contributed by atoms with Crippen LogP contribution in [0.4, 0.5) is 0 Å². The van der Waals surface area contributed by atoms with Crippen LogP contribution in [0.25, 0.3) is 0 Å². The molecule has 0 radical (unpaired) electrons. The van der Waals surface area contributed by atoms with Crippen molar-refractivity contribution in [3.63, 3.8) is 0 Å². The molecule has 27 heavy (non-hydrogen) atoms. The summed E-state index contributed by atoms with van der Waals surface area (Å²) in [5.74, 6) is 2.26. The van der Waals surface area contributed by atoms with Gasteiger partial charge >= 0.3 is 0 Å². The number of nitrogens with one attached hydrogen (secondary N) is 2. The molecule has 0 unspecified atom stereocenters. The molecule has 0 spiro atoms. The van der Waals surface area contributed by atoms with Gasteiger partial charge in [0.2, 0.25) is 0 Å². The Balaban J connectivity index is 0.00000364. The fourth-order valence-electron chi connectivity index (χ4n) is 2.39. The van der Waals surface area contributed by atoms with Crippen molar-refractivity contribution in [2.75, 3.05) is 19.7 Å². The van der Waals surface area contributed by atoms with E-state index in [0.29, 0.717) is 12.5 Å². The number of aliphatic imine (C=N–C) groups is 1. The second-order valence-electron chi connectivity index (χ2n) is 6.60. The Kier molecular flexibility index (Phi) is 11.6. The monoisotopic (exact) mass is 485 g/mol. The van der Waals surface area contributed by atoms with Gasteiger partial charge in [-0.05, 0) is 43.0 Å². The lowest BCUT2D eigenvalue weighted by molar-refractivity contribution is 0.271. The Bertz CT molecular complexity index is 658. The minimum Gasteiger partial charge on any atom is -0.493 e. The van der Waals surface area contributed by atoms with Gasteiger partial charge in [0, 0.05) is 32.0 Å². The van der Waals surface area contributed by atoms with Gasteiger partial charge in [0.15, 0.2) is 5.96 Å². The highest BCUT2D eigenvalue weighted by Gasteiger charge is 2.01. The van der Waals surface area contributed by atoms with Crippen molar-refractivity contribution in [1.29, 1.82) is 0 Å². The number of ether oxygens (including phenoxy) is 1. The van der Waals surface area contributed by atoms with Gasteiger partial charge in [-0.25, -0.2) is 4.99 Å². The predicted octanol–water partition coefficient (Wildman–Crippen LogP) is 3.68. The predicted molar refractivity (Wildman–Crippen MR) is 122 cm³/mol. The zero-order valence-corrected chi connectivity index (χ0v) is 18.8. The lowest BCUT2D eigenvalue weighted by Gasteiger charge is -2.12. The summed E-state index contributed by atoms with van der Waals surface area (Å²) in [4.78, 5) is 4.67. The quantitative estimate of drug-likeness (QED) is 0.233. The topological polar surface area (TPSA) is 63.5 Å². The van der Waals surface area contributed by atoms with E-state index in [0.717, 1.165) is 49.9 Å². The van der Waals surface area contributed by atoms with Gasteiger partial charge in [-0.15, -0.1) is 24.0 Å². The largest absolute Gasteiger partial charge is 0.493 e. The lowest BCUT2D eigenvalue weighted by Crippen LogP contribution is -2.38. The fraction of sp³-hybridized carbons (Fsp3) is 0.500. The summed E-state index contributed by atoms with van der Waals surface area (Å²) < 4.78 is 7.73. The highest BCUT2D eigenvalue weighted by molar-refractivity contribution is 14.0. The maximum atomic E-state index is 5.79. The van der Waals surface area contributed by atoms with Crippen molar-refractivity contribution in [2.45, 2.75) is 40.3 Å². The van der Waals surface area contributed by atoms with Crippen molar-refractivity contribution >= 4 is 29.9 Å². The first kappa shape index (κ1) is 23.3. The standard InChI is InChI=1S/C20H31N5O.HI/c1-4-21-20(22-10-6-12-25-13-7-11-24-25)23-15-18-8-5-9-19(14-18)26-16-17(2)3;/h5,7-9,11,13-14,17H,4,6,10,12,15-16H2,1-3H3,(H2,21,22,23);1H. The Hall–Kier alpha value is -1.77. The Morgan fingerprint density at radius 2 is 2.11 bits per heavy atom. The summed E-state index contributed by atoms with van der Waals surface area (Å²) in [6.45, 7) is 10.3. The summed E-state index contributed by atoms with van der Waals surface area (Å²) in [6, 6.07) is 10.1. The number of nitrogens with zero attached hydrogens (tertiary/aromatic N) is 3. The first-order valence-corrected chi connectivity index (χ1v) is 9.38. The van der Waals surface area contributed by atoms with Gasteiger partial charge in [-0.2, -0.15) is 5.10 Å². The van der Waals surface area contributed by atoms with Crippen molar-refractivity contribution < 1.29 is 4.74 Å². The number of hydrogen-bond acceptors (Lipinski definition) is 3. The molecule has 2 N–H and O–H groups in total. The molecule has 1 aromatic carbocycles. The zero-order chi connectivity index (χ0) is 18.6. The molecule has 0 bridgehead atoms. The van der Waals surface area contributed by atoms with Gasteiger partial charge in [-0.1, -0.05) is 26.0 Å². The first-order chi connectivity index (χ1) is 12.7. The van der Waals surface area contributed by atoms with Crippen LogP contribution < -0.4 is 15.4 Å². The van der Waals surface area contributed by atoms with Gasteiger partial charge in [0.25, 0.3) is 0 Å². The minimum absolute atomic E-state index is 0. The van der Waals surface area contributed by atoms with E-state index in [4.69, 9.17) is 4.74 Å². The molecule has 0 aliphatic rings. The Morgan fingerprint density at radius 1 is 1.26 bits per heavy atom. The molecule has 150 valence electrons. The number of benzene rings is 1. The summed E-state index contributed by atoms with van der Waals surface area (Å²) in [6.07, 6.45) is 4.77. The second kappa shape index (κ2) is 13.4. The van der Waals surface area contributed by atoms with Crippen LogP contribution in [0, 0.1) is 5.92 Å². The Morgan fingerprint density at radius 3 is 2.81 bits per heavy atom. The zero-order valence-electron chi connectivity index (χ0n) is 16.5. The summed E-state index contributed by atoms with van der Waals surface area (Å²) in [5, 5.41) is 10.9. The van der Waals surface area contributed by atoms with E-state index in [2.05, 4.69) is 53.6 Å². The molecule has 0 atom stereocenters. The van der Waals surface area contributed by atoms with Gasteiger partial charge in [0.05, 0.1) is 13.2 Å². The number of guanidine groups is 1. The van der Waals surface area contributed by atoms with Crippen LogP contribution in [0.5, 0.6) is 5.75 Å². The average Bonchev–Trinajstić information content (AvgIpc) is 3.15. The number of aromatic nitrogens is 2. The van der Waals surface area contributed by atoms with Crippen LogP contribution in [-0.2, 0) is 13.1 Å². The molecule has 0 saturated carbocycles. The van der Waals surface area contributed by atoms with Crippen LogP contribution >= 0.6 is 24.0 Å². The molecule has 0 fully saturated rings. The van der Waals surface area contributed by atoms with E-state index in [-0.39, 0.29) is 24.0 Å². The van der Waals surface area contributed by atoms with Crippen molar-refractivity contribution in [1.82, 2.24) is 20.4 Å². The first-order valence-electron chi connectivity index (χ1n) is 9.38. The maximum absolute atomic E-state index is 5.79. The number of aryl methyl sites for hydroxylation is 1. The number of hydrogen-bond donors (Lipinski definition) is 2. The number of halogens is 1. The van der Waals surface area contributed by atoms with Crippen molar-refractivity contribution in [3.05, 3.63) is 48.3 Å². The molecule has 7 heteroatoms. The molecule has 0 aliphatic carbocycles. The molecular weight excluding hydrogens is 453 g/mol. The smallest absolute Gasteiger partial charge is 0.191 e. The molecule has 0 saturated heterocycles. The van der Waals surface area contributed by atoms with Crippen molar-refractivity contribution in [3.8, 4) is 5.75 Å². The fourth-order valence-corrected chi connectivity index (χ4v) is 2.39. The van der Waals surface area contributed by atoms with Gasteiger partial charge in [0.1, 0.15) is 5.75 Å². The highest BCUT2D eigenvalue weighted by Crippen LogP contribution is 2.15. The van der Waals surface area contributed by atoms with Crippen LogP contribution in [0.15, 0.2) is 47.7 Å². The van der Waals surface area contributed by atoms with Crippen LogP contribution in [-0.4, -0.2) is 35.4 Å². The molecule has 2 aromatic rings. The third-order valence-corrected chi connectivity index (χ3v) is 3.66. The average molecular weight is 485 g/mol. The van der Waals surface area contributed by atoms with Crippen LogP contribution in [0.1, 0.15) is 32.8 Å². The third kappa shape index (κ3) is 9.65. The molecular formula is C20H32IN5O. The SMILES string of the molecule is CCNC(=NCc1cccc(OCC(C)C)c1)NCCCn1cccn1.I. The van der Waals surface area contributed by atoms with E-state index in [1.165, 1.54) is 0 Å². The van der Waals surface area contributed by atoms with Gasteiger partial charge in [-0.3, -0.25) is 4.68 Å². The van der Waals surface area contributed by atoms with E-state index in [1.807, 2.05) is 29.1 Å². The third-order valence-electron chi connectivity index (χ3n) is 3.66. The molecule has 0 amide bonds. The van der Waals surface area contributed by atoms with Crippen LogP contribution in [0.3, 0.4) is 0 Å². The Labute approximate surface area is 179 Å². The van der Waals surface area contributed by atoms with Gasteiger partial charge < -0.3 is 15.4 Å².